The van der Waals surface area contributed by atoms with E-state index < -0.39 is 16.1 Å². The average Bonchev–Trinajstić information content (AvgIpc) is 3.16. The van der Waals surface area contributed by atoms with Gasteiger partial charge in [0.25, 0.3) is 10.0 Å². The zero-order valence-electron chi connectivity index (χ0n) is 15.1. The Kier molecular flexibility index (Phi) is 7.28. The molecule has 1 heterocycles. The lowest BCUT2D eigenvalue weighted by Gasteiger charge is -2.14. The van der Waals surface area contributed by atoms with Gasteiger partial charge in [-0.3, -0.25) is 4.79 Å². The zero-order chi connectivity index (χ0) is 20.0. The quantitative estimate of drug-likeness (QED) is 0.589. The Morgan fingerprint density at radius 3 is 2.59 bits per heavy atom. The Hall–Kier alpha value is -2.04. The fourth-order valence-corrected chi connectivity index (χ4v) is 5.24. The number of sulfonamides is 1. The molecule has 2 rings (SSSR count). The molecule has 0 bridgehead atoms. The van der Waals surface area contributed by atoms with E-state index in [4.69, 9.17) is 0 Å². The lowest BCUT2D eigenvalue weighted by atomic mass is 10.1. The number of thiophene rings is 1. The van der Waals surface area contributed by atoms with Gasteiger partial charge >= 0.3 is 6.03 Å². The van der Waals surface area contributed by atoms with Crippen LogP contribution >= 0.6 is 23.1 Å². The van der Waals surface area contributed by atoms with E-state index in [0.717, 1.165) is 5.56 Å². The highest BCUT2D eigenvalue weighted by atomic mass is 32.2. The summed E-state index contributed by atoms with van der Waals surface area (Å²) < 4.78 is 26.9. The number of rotatable bonds is 7. The largest absolute Gasteiger partial charge is 0.349 e. The predicted molar refractivity (Wildman–Crippen MR) is 108 cm³/mol. The van der Waals surface area contributed by atoms with Crippen molar-refractivity contribution in [3.8, 4) is 0 Å². The number of hydrogen-bond acceptors (Lipinski definition) is 6. The fourth-order valence-electron chi connectivity index (χ4n) is 2.35. The van der Waals surface area contributed by atoms with Crippen molar-refractivity contribution in [3.63, 3.8) is 0 Å². The third-order valence-corrected chi connectivity index (χ3v) is 6.75. The van der Waals surface area contributed by atoms with Gasteiger partial charge in [0, 0.05) is 11.9 Å². The minimum Gasteiger partial charge on any atom is -0.349 e. The maximum atomic E-state index is 12.5. The van der Waals surface area contributed by atoms with Crippen molar-refractivity contribution in [2.24, 2.45) is 0 Å². The minimum absolute atomic E-state index is 0.0326. The lowest BCUT2D eigenvalue weighted by molar-refractivity contribution is -0.121. The third-order valence-electron chi connectivity index (χ3n) is 3.76. The van der Waals surface area contributed by atoms with Gasteiger partial charge in [-0.05, 0) is 53.3 Å². The number of nitrogens with one attached hydrogen (secondary N) is 3. The van der Waals surface area contributed by atoms with Gasteiger partial charge in [-0.15, -0.1) is 11.8 Å². The molecule has 0 aliphatic rings. The van der Waals surface area contributed by atoms with Gasteiger partial charge in [0.2, 0.25) is 5.91 Å². The van der Waals surface area contributed by atoms with Crippen LogP contribution in [0, 0.1) is 0 Å². The SMILES string of the molecule is CNC(=O)NS(=O)(=O)c1cc(CC(=O)NC(C)c2ccsc2)ccc1SC. The number of benzene rings is 1. The number of carbonyl (C=O) groups is 2. The molecular weight excluding hydrogens is 406 g/mol. The molecule has 1 unspecified atom stereocenters. The average molecular weight is 428 g/mol. The zero-order valence-corrected chi connectivity index (χ0v) is 17.6. The van der Waals surface area contributed by atoms with Crippen LogP contribution in [-0.4, -0.2) is 33.7 Å². The summed E-state index contributed by atoms with van der Waals surface area (Å²) in [5.74, 6) is -0.215. The van der Waals surface area contributed by atoms with E-state index in [9.17, 15) is 18.0 Å². The van der Waals surface area contributed by atoms with Crippen molar-refractivity contribution in [3.05, 3.63) is 46.2 Å². The van der Waals surface area contributed by atoms with Crippen molar-refractivity contribution in [1.82, 2.24) is 15.4 Å². The fraction of sp³-hybridized carbons (Fsp3) is 0.294. The second-order valence-corrected chi connectivity index (χ2v) is 8.97. The van der Waals surface area contributed by atoms with Gasteiger partial charge in [0.1, 0.15) is 4.90 Å². The molecule has 27 heavy (non-hydrogen) atoms. The molecule has 10 heteroatoms. The number of thioether (sulfide) groups is 1. The second kappa shape index (κ2) is 9.25. The summed E-state index contributed by atoms with van der Waals surface area (Å²) in [6.07, 6.45) is 1.77. The first-order valence-electron chi connectivity index (χ1n) is 7.99. The number of amides is 3. The molecular formula is C17H21N3O4S3. The van der Waals surface area contributed by atoms with Gasteiger partial charge in [-0.1, -0.05) is 6.07 Å². The van der Waals surface area contributed by atoms with E-state index >= 15 is 0 Å². The van der Waals surface area contributed by atoms with E-state index in [0.29, 0.717) is 10.5 Å². The molecule has 0 aliphatic carbocycles. The van der Waals surface area contributed by atoms with Gasteiger partial charge in [0.15, 0.2) is 0 Å². The molecule has 146 valence electrons. The summed E-state index contributed by atoms with van der Waals surface area (Å²) in [6, 6.07) is 5.75. The summed E-state index contributed by atoms with van der Waals surface area (Å²) in [4.78, 5) is 24.2. The van der Waals surface area contributed by atoms with Crippen molar-refractivity contribution in [2.45, 2.75) is 29.2 Å². The molecule has 7 nitrogen and oxygen atoms in total. The second-order valence-electron chi connectivity index (χ2n) is 5.69. The summed E-state index contributed by atoms with van der Waals surface area (Å²) in [7, 11) is -2.72. The van der Waals surface area contributed by atoms with Crippen LogP contribution in [0.2, 0.25) is 0 Å². The molecule has 0 saturated carbocycles. The number of urea groups is 1. The smallest absolute Gasteiger partial charge is 0.328 e. The highest BCUT2D eigenvalue weighted by Gasteiger charge is 2.22. The van der Waals surface area contributed by atoms with Gasteiger partial charge < -0.3 is 10.6 Å². The van der Waals surface area contributed by atoms with E-state index in [2.05, 4.69) is 10.6 Å². The lowest BCUT2D eigenvalue weighted by Crippen LogP contribution is -2.37. The maximum absolute atomic E-state index is 12.5. The summed E-state index contributed by atoms with van der Waals surface area (Å²) in [6.45, 7) is 1.89. The van der Waals surface area contributed by atoms with E-state index in [1.165, 1.54) is 24.9 Å². The van der Waals surface area contributed by atoms with Crippen LogP contribution in [0.1, 0.15) is 24.1 Å². The van der Waals surface area contributed by atoms with Crippen molar-refractivity contribution >= 4 is 45.1 Å². The molecule has 1 aromatic carbocycles. The Morgan fingerprint density at radius 2 is 2.00 bits per heavy atom. The molecule has 0 fully saturated rings. The standard InChI is InChI=1S/C17H21N3O4S3/c1-11(13-6-7-26-10-13)19-16(21)9-12-4-5-14(25-3)15(8-12)27(23,24)20-17(22)18-2/h4-8,10-11H,9H2,1-3H3,(H,19,21)(H2,18,20,22). The molecule has 3 N–H and O–H groups in total. The van der Waals surface area contributed by atoms with Crippen LogP contribution in [0.15, 0.2) is 44.8 Å². The summed E-state index contributed by atoms with van der Waals surface area (Å²) in [5.41, 5.74) is 1.56. The van der Waals surface area contributed by atoms with Crippen LogP contribution in [0.25, 0.3) is 0 Å². The molecule has 1 aromatic heterocycles. The monoisotopic (exact) mass is 427 g/mol. The Bertz CT molecular complexity index is 912. The molecule has 3 amide bonds. The van der Waals surface area contributed by atoms with Crippen LogP contribution in [0.5, 0.6) is 0 Å². The van der Waals surface area contributed by atoms with Crippen LogP contribution in [-0.2, 0) is 21.2 Å². The molecule has 2 aromatic rings. The van der Waals surface area contributed by atoms with Crippen LogP contribution in [0.4, 0.5) is 4.79 Å². The topological polar surface area (TPSA) is 104 Å². The van der Waals surface area contributed by atoms with Crippen LogP contribution < -0.4 is 15.4 Å². The third kappa shape index (κ3) is 5.72. The number of carbonyl (C=O) groups excluding carboxylic acids is 2. The highest BCUT2D eigenvalue weighted by molar-refractivity contribution is 7.99. The van der Waals surface area contributed by atoms with E-state index in [1.54, 1.807) is 29.7 Å². The van der Waals surface area contributed by atoms with Crippen LogP contribution in [0.3, 0.4) is 0 Å². The minimum atomic E-state index is -4.04. The first-order chi connectivity index (χ1) is 12.8. The first kappa shape index (κ1) is 21.3. The Labute approximate surface area is 167 Å². The molecule has 0 aliphatic heterocycles. The summed E-state index contributed by atoms with van der Waals surface area (Å²) in [5, 5.41) is 9.01. The first-order valence-corrected chi connectivity index (χ1v) is 11.6. The van der Waals surface area contributed by atoms with Gasteiger partial charge in [-0.2, -0.15) is 11.3 Å². The Balaban J connectivity index is 2.18. The predicted octanol–water partition coefficient (Wildman–Crippen LogP) is 2.51. The molecule has 0 spiro atoms. The van der Waals surface area contributed by atoms with Crippen molar-refractivity contribution < 1.29 is 18.0 Å². The number of hydrogen-bond donors (Lipinski definition) is 3. The molecule has 0 saturated heterocycles. The maximum Gasteiger partial charge on any atom is 0.328 e. The normalized spacial score (nSPS) is 12.3. The van der Waals surface area contributed by atoms with Crippen molar-refractivity contribution in [1.29, 1.82) is 0 Å². The molecule has 1 atom stereocenters. The van der Waals surface area contributed by atoms with Gasteiger partial charge in [0.05, 0.1) is 12.5 Å². The Morgan fingerprint density at radius 1 is 1.26 bits per heavy atom. The molecule has 0 radical (unpaired) electrons. The van der Waals surface area contributed by atoms with E-state index in [-0.39, 0.29) is 23.3 Å². The van der Waals surface area contributed by atoms with Gasteiger partial charge in [-0.25, -0.2) is 17.9 Å². The highest BCUT2D eigenvalue weighted by Crippen LogP contribution is 2.26. The van der Waals surface area contributed by atoms with Crippen molar-refractivity contribution in [2.75, 3.05) is 13.3 Å². The van der Waals surface area contributed by atoms with E-state index in [1.807, 2.05) is 28.5 Å². The summed E-state index contributed by atoms with van der Waals surface area (Å²) >= 11 is 2.80.